The van der Waals surface area contributed by atoms with Crippen LogP contribution >= 0.6 is 0 Å². The Morgan fingerprint density at radius 3 is 0.930 bits per heavy atom. The van der Waals surface area contributed by atoms with E-state index < -0.39 is 63.3 Å². The third-order valence-electron chi connectivity index (χ3n) is 13.3. The zero-order valence-electron chi connectivity index (χ0n) is 37.0. The van der Waals surface area contributed by atoms with Gasteiger partial charge < -0.3 is 9.13 Å². The van der Waals surface area contributed by atoms with Gasteiger partial charge in [0.2, 0.25) is 5.82 Å². The Labute approximate surface area is 400 Å². The van der Waals surface area contributed by atoms with E-state index in [1.807, 2.05) is 158 Å². The summed E-state index contributed by atoms with van der Waals surface area (Å²) in [6.45, 7) is 0. The standard InChI is InChI=1S/C61H34F8N2/c62-55-53(56(63)58(65)59(66)57(55)64)43-25-30-52(70-48-26-21-39(35-13-5-1-6-14-35)31-44(48)45-32-40(22-27-49(45)70)36-15-7-2-8-16-36)54(61(67,68)69)60(43)71-50-28-23-41(37-17-9-3-10-18-37)33-46(50)47-34-42(24-29-51(47)71)38-19-11-4-12-20-38/h1-34H. The highest BCUT2D eigenvalue weighted by Gasteiger charge is 2.42. The maximum Gasteiger partial charge on any atom is 0.420 e. The molecule has 344 valence electrons. The summed E-state index contributed by atoms with van der Waals surface area (Å²) in [4.78, 5) is 0. The monoisotopic (exact) mass is 946 g/mol. The number of rotatable bonds is 7. The van der Waals surface area contributed by atoms with E-state index in [2.05, 4.69) is 0 Å². The van der Waals surface area contributed by atoms with Crippen LogP contribution in [0.15, 0.2) is 206 Å². The van der Waals surface area contributed by atoms with E-state index in [4.69, 9.17) is 0 Å². The first-order valence-corrected chi connectivity index (χ1v) is 22.6. The number of alkyl halides is 3. The fourth-order valence-electron chi connectivity index (χ4n) is 10.1. The molecular formula is C61H34F8N2. The smallest absolute Gasteiger partial charge is 0.309 e. The van der Waals surface area contributed by atoms with Crippen LogP contribution in [0.5, 0.6) is 0 Å². The zero-order valence-corrected chi connectivity index (χ0v) is 37.0. The van der Waals surface area contributed by atoms with Gasteiger partial charge >= 0.3 is 6.18 Å². The molecule has 2 aromatic heterocycles. The number of hydrogen-bond acceptors (Lipinski definition) is 0. The summed E-state index contributed by atoms with van der Waals surface area (Å²) >= 11 is 0. The van der Waals surface area contributed by atoms with Gasteiger partial charge in [0, 0.05) is 27.1 Å². The Hall–Kier alpha value is -8.76. The van der Waals surface area contributed by atoms with Crippen molar-refractivity contribution in [2.24, 2.45) is 0 Å². The van der Waals surface area contributed by atoms with Gasteiger partial charge in [-0.1, -0.05) is 146 Å². The Morgan fingerprint density at radius 1 is 0.296 bits per heavy atom. The van der Waals surface area contributed by atoms with E-state index in [-0.39, 0.29) is 11.0 Å². The first-order valence-electron chi connectivity index (χ1n) is 22.6. The maximum atomic E-state index is 16.9. The van der Waals surface area contributed by atoms with Crippen LogP contribution in [0.25, 0.3) is 111 Å². The Bertz CT molecular complexity index is 3840. The van der Waals surface area contributed by atoms with E-state index in [9.17, 15) is 4.39 Å². The molecule has 0 N–H and O–H groups in total. The SMILES string of the molecule is Fc1c(F)c(F)c(-c2ccc(-n3c4ccc(-c5ccccc5)cc4c4cc(-c5ccccc5)ccc43)c(C(F)(F)F)c2-n2c3ccc(-c4ccccc4)cc3c3cc(-c4ccccc4)ccc32)c(F)c1F. The van der Waals surface area contributed by atoms with E-state index in [1.165, 1.54) is 9.13 Å². The normalized spacial score (nSPS) is 11.9. The molecule has 0 bridgehead atoms. The Morgan fingerprint density at radius 2 is 0.606 bits per heavy atom. The molecule has 0 radical (unpaired) electrons. The van der Waals surface area contributed by atoms with E-state index in [0.29, 0.717) is 32.6 Å². The van der Waals surface area contributed by atoms with Gasteiger partial charge in [-0.05, 0) is 105 Å². The fraction of sp³-hybridized carbons (Fsp3) is 0.0164. The van der Waals surface area contributed by atoms with Crippen LogP contribution in [0.1, 0.15) is 5.56 Å². The minimum absolute atomic E-state index is 0.180. The van der Waals surface area contributed by atoms with E-state index >= 15 is 30.7 Å². The van der Waals surface area contributed by atoms with Crippen molar-refractivity contribution in [3.63, 3.8) is 0 Å². The quantitative estimate of drug-likeness (QED) is 0.0856. The van der Waals surface area contributed by atoms with Crippen molar-refractivity contribution in [3.8, 4) is 67.0 Å². The van der Waals surface area contributed by atoms with Gasteiger partial charge in [0.05, 0.1) is 39.0 Å². The van der Waals surface area contributed by atoms with Gasteiger partial charge in [-0.15, -0.1) is 0 Å². The molecule has 10 heteroatoms. The lowest BCUT2D eigenvalue weighted by molar-refractivity contribution is -0.137. The van der Waals surface area contributed by atoms with Gasteiger partial charge in [0.25, 0.3) is 0 Å². The molecule has 0 fully saturated rings. The summed E-state index contributed by atoms with van der Waals surface area (Å²) in [5.74, 6) is -11.6. The molecule has 12 rings (SSSR count). The molecule has 0 saturated heterocycles. The van der Waals surface area contributed by atoms with Crippen molar-refractivity contribution >= 4 is 43.6 Å². The lowest BCUT2D eigenvalue weighted by Crippen LogP contribution is -2.17. The van der Waals surface area contributed by atoms with Crippen molar-refractivity contribution in [1.82, 2.24) is 9.13 Å². The zero-order chi connectivity index (χ0) is 48.7. The second kappa shape index (κ2) is 16.7. The fourth-order valence-corrected chi connectivity index (χ4v) is 10.1. The largest absolute Gasteiger partial charge is 0.420 e. The highest BCUT2D eigenvalue weighted by Crippen LogP contribution is 2.50. The molecule has 0 saturated carbocycles. The van der Waals surface area contributed by atoms with Gasteiger partial charge in [0.1, 0.15) is 5.56 Å². The maximum absolute atomic E-state index is 16.9. The summed E-state index contributed by atoms with van der Waals surface area (Å²) in [6.07, 6.45) is -5.33. The number of benzene rings is 10. The third-order valence-corrected chi connectivity index (χ3v) is 13.3. The van der Waals surface area contributed by atoms with Crippen LogP contribution in [-0.4, -0.2) is 9.13 Å². The Balaban J connectivity index is 1.24. The highest BCUT2D eigenvalue weighted by atomic mass is 19.4. The van der Waals surface area contributed by atoms with Gasteiger partial charge in [-0.3, -0.25) is 0 Å². The first-order chi connectivity index (χ1) is 34.5. The van der Waals surface area contributed by atoms with Crippen LogP contribution in [0.4, 0.5) is 35.1 Å². The van der Waals surface area contributed by atoms with Crippen LogP contribution in [0, 0.1) is 29.1 Å². The lowest BCUT2D eigenvalue weighted by atomic mass is 9.95. The number of aromatic nitrogens is 2. The van der Waals surface area contributed by atoms with Crippen molar-refractivity contribution in [2.75, 3.05) is 0 Å². The molecule has 0 aliphatic heterocycles. The van der Waals surface area contributed by atoms with Crippen molar-refractivity contribution < 1.29 is 35.1 Å². The molecule has 0 amide bonds. The van der Waals surface area contributed by atoms with Gasteiger partial charge in [0.15, 0.2) is 23.3 Å². The second-order valence-electron chi connectivity index (χ2n) is 17.4. The third kappa shape index (κ3) is 7.08. The van der Waals surface area contributed by atoms with Crippen LogP contribution in [0.2, 0.25) is 0 Å². The predicted octanol–water partition coefficient (Wildman–Crippen LogP) is 17.9. The predicted molar refractivity (Wildman–Crippen MR) is 267 cm³/mol. The van der Waals surface area contributed by atoms with Gasteiger partial charge in [-0.2, -0.15) is 13.2 Å². The highest BCUT2D eigenvalue weighted by molar-refractivity contribution is 6.14. The summed E-state index contributed by atoms with van der Waals surface area (Å²) in [5, 5.41) is 2.16. The molecule has 0 aliphatic rings. The molecule has 2 heterocycles. The molecule has 10 aromatic carbocycles. The van der Waals surface area contributed by atoms with Gasteiger partial charge in [-0.25, -0.2) is 22.0 Å². The van der Waals surface area contributed by atoms with Crippen molar-refractivity contribution in [3.05, 3.63) is 241 Å². The van der Waals surface area contributed by atoms with E-state index in [1.54, 1.807) is 36.4 Å². The van der Waals surface area contributed by atoms with Crippen molar-refractivity contribution in [1.29, 1.82) is 0 Å². The number of fused-ring (bicyclic) bond motifs is 6. The summed E-state index contributed by atoms with van der Waals surface area (Å²) in [6, 6.07) is 61.0. The number of hydrogen-bond donors (Lipinski definition) is 0. The second-order valence-corrected chi connectivity index (χ2v) is 17.4. The summed E-state index contributed by atoms with van der Waals surface area (Å²) in [5.41, 5.74) is 2.48. The number of nitrogens with zero attached hydrogens (tertiary/aromatic N) is 2. The van der Waals surface area contributed by atoms with Crippen LogP contribution < -0.4 is 0 Å². The topological polar surface area (TPSA) is 9.86 Å². The molecule has 0 aliphatic carbocycles. The van der Waals surface area contributed by atoms with E-state index in [0.717, 1.165) is 56.6 Å². The summed E-state index contributed by atoms with van der Waals surface area (Å²) < 4.78 is 132. The minimum Gasteiger partial charge on any atom is -0.309 e. The average molecular weight is 947 g/mol. The number of halogens is 8. The minimum atomic E-state index is -5.33. The molecular weight excluding hydrogens is 913 g/mol. The average Bonchev–Trinajstić information content (AvgIpc) is 3.91. The molecule has 71 heavy (non-hydrogen) atoms. The first kappa shape index (κ1) is 43.5. The molecule has 12 aromatic rings. The molecule has 2 nitrogen and oxygen atoms in total. The van der Waals surface area contributed by atoms with Crippen LogP contribution in [0.3, 0.4) is 0 Å². The lowest BCUT2D eigenvalue weighted by Gasteiger charge is -2.25. The molecule has 0 spiro atoms. The molecule has 0 atom stereocenters. The molecule has 0 unspecified atom stereocenters. The van der Waals surface area contributed by atoms with Crippen molar-refractivity contribution in [2.45, 2.75) is 6.18 Å². The summed E-state index contributed by atoms with van der Waals surface area (Å²) in [7, 11) is 0. The Kier molecular flexibility index (Phi) is 10.3. The van der Waals surface area contributed by atoms with Crippen LogP contribution in [-0.2, 0) is 6.18 Å².